The van der Waals surface area contributed by atoms with Gasteiger partial charge in [-0.2, -0.15) is 23.3 Å². The number of hydrogen-bond acceptors (Lipinski definition) is 7. The van der Waals surface area contributed by atoms with E-state index in [9.17, 15) is 22.8 Å². The van der Waals surface area contributed by atoms with Crippen molar-refractivity contribution in [2.24, 2.45) is 5.10 Å². The van der Waals surface area contributed by atoms with E-state index in [-0.39, 0.29) is 5.69 Å². The summed E-state index contributed by atoms with van der Waals surface area (Å²) in [6.45, 7) is -0.156. The van der Waals surface area contributed by atoms with Crippen LogP contribution in [0, 0.1) is 0 Å². The van der Waals surface area contributed by atoms with Gasteiger partial charge in [-0.15, -0.1) is 0 Å². The number of hydrogen-bond donors (Lipinski definition) is 0. The van der Waals surface area contributed by atoms with Crippen molar-refractivity contribution < 1.29 is 27.5 Å². The molecule has 4 rings (SSSR count). The number of anilines is 2. The van der Waals surface area contributed by atoms with Gasteiger partial charge in [0.15, 0.2) is 6.61 Å². The number of alkyl halides is 3. The number of hydrazone groups is 1. The maximum Gasteiger partial charge on any atom is 0.416 e. The Kier molecular flexibility index (Phi) is 7.57. The molecule has 11 heteroatoms. The number of benzene rings is 2. The first-order valence-electron chi connectivity index (χ1n) is 11.1. The summed E-state index contributed by atoms with van der Waals surface area (Å²) in [6.07, 6.45) is 1.06. The fraction of sp³-hybridized carbons (Fsp3) is 0.240. The van der Waals surface area contributed by atoms with E-state index in [2.05, 4.69) is 15.1 Å². The molecule has 2 heterocycles. The highest BCUT2D eigenvalue weighted by Crippen LogP contribution is 2.32. The first-order chi connectivity index (χ1) is 17.3. The van der Waals surface area contributed by atoms with Crippen molar-refractivity contribution in [2.45, 2.75) is 25.1 Å². The van der Waals surface area contributed by atoms with Crippen LogP contribution in [0.3, 0.4) is 0 Å². The van der Waals surface area contributed by atoms with E-state index in [1.165, 1.54) is 18.3 Å². The van der Waals surface area contributed by atoms with Crippen molar-refractivity contribution in [1.29, 1.82) is 0 Å². The summed E-state index contributed by atoms with van der Waals surface area (Å²) < 4.78 is 45.0. The molecule has 3 aromatic rings. The standard InChI is InChI=1S/C25H22F3N5O3/c26-25(27,28)19-9-4-10-20(15-19)33(31-16-18-7-2-1-3-8-18)22(34)17-36-23(35)21-11-5-14-32(21)24-29-12-6-13-30-24/h1-4,6-10,12-13,15-16,21H,5,11,14,17H2/b31-16+. The van der Waals surface area contributed by atoms with E-state index in [0.29, 0.717) is 30.9 Å². The van der Waals surface area contributed by atoms with Crippen molar-refractivity contribution in [1.82, 2.24) is 9.97 Å². The molecule has 1 aromatic heterocycles. The van der Waals surface area contributed by atoms with Crippen molar-refractivity contribution >= 4 is 29.7 Å². The maximum atomic E-state index is 13.3. The number of carbonyl (C=O) groups excluding carboxylic acids is 2. The normalized spacial score (nSPS) is 15.8. The van der Waals surface area contributed by atoms with Gasteiger partial charge in [-0.25, -0.2) is 14.8 Å². The largest absolute Gasteiger partial charge is 0.454 e. The zero-order valence-corrected chi connectivity index (χ0v) is 19.0. The summed E-state index contributed by atoms with van der Waals surface area (Å²) in [4.78, 5) is 35.8. The molecule has 1 atom stereocenters. The molecule has 1 saturated heterocycles. The monoisotopic (exact) mass is 497 g/mol. The third-order valence-electron chi connectivity index (χ3n) is 5.45. The fourth-order valence-corrected chi connectivity index (χ4v) is 3.73. The summed E-state index contributed by atoms with van der Waals surface area (Å²) in [5.74, 6) is -1.08. The number of aromatic nitrogens is 2. The summed E-state index contributed by atoms with van der Waals surface area (Å²) in [7, 11) is 0. The molecular formula is C25H22F3N5O3. The lowest BCUT2D eigenvalue weighted by molar-refractivity contribution is -0.149. The van der Waals surface area contributed by atoms with E-state index in [4.69, 9.17) is 4.74 Å². The topological polar surface area (TPSA) is 88.0 Å². The number of halogens is 3. The van der Waals surface area contributed by atoms with Crippen LogP contribution >= 0.6 is 0 Å². The number of nitrogens with zero attached hydrogens (tertiary/aromatic N) is 5. The van der Waals surface area contributed by atoms with Gasteiger partial charge in [-0.05, 0) is 42.7 Å². The second kappa shape index (κ2) is 11.0. The van der Waals surface area contributed by atoms with Gasteiger partial charge in [0.1, 0.15) is 6.04 Å². The van der Waals surface area contributed by atoms with E-state index >= 15 is 0 Å². The maximum absolute atomic E-state index is 13.3. The van der Waals surface area contributed by atoms with Crippen LogP contribution in [-0.2, 0) is 20.5 Å². The Bertz CT molecular complexity index is 1220. The minimum Gasteiger partial charge on any atom is -0.454 e. The molecule has 0 bridgehead atoms. The van der Waals surface area contributed by atoms with E-state index in [0.717, 1.165) is 17.1 Å². The molecule has 2 aromatic carbocycles. The van der Waals surface area contributed by atoms with Gasteiger partial charge in [0.25, 0.3) is 5.91 Å². The highest BCUT2D eigenvalue weighted by Gasteiger charge is 2.35. The zero-order chi connectivity index (χ0) is 25.5. The minimum atomic E-state index is -4.61. The number of amides is 1. The van der Waals surface area contributed by atoms with Gasteiger partial charge in [-0.3, -0.25) is 4.79 Å². The van der Waals surface area contributed by atoms with E-state index in [1.54, 1.807) is 53.7 Å². The van der Waals surface area contributed by atoms with Gasteiger partial charge >= 0.3 is 12.1 Å². The van der Waals surface area contributed by atoms with E-state index < -0.39 is 36.3 Å². The summed E-state index contributed by atoms with van der Waals surface area (Å²) in [5, 5.41) is 4.89. The van der Waals surface area contributed by atoms with Crippen LogP contribution in [0.4, 0.5) is 24.8 Å². The van der Waals surface area contributed by atoms with Gasteiger partial charge in [0.2, 0.25) is 5.95 Å². The molecule has 186 valence electrons. The van der Waals surface area contributed by atoms with Crippen LogP contribution in [-0.4, -0.2) is 47.3 Å². The minimum absolute atomic E-state index is 0.113. The van der Waals surface area contributed by atoms with Crippen molar-refractivity contribution in [3.8, 4) is 0 Å². The lowest BCUT2D eigenvalue weighted by Crippen LogP contribution is -2.40. The number of rotatable bonds is 7. The Labute approximate surface area is 205 Å². The molecule has 0 radical (unpaired) electrons. The smallest absolute Gasteiger partial charge is 0.416 e. The van der Waals surface area contributed by atoms with Gasteiger partial charge in [-0.1, -0.05) is 36.4 Å². The Morgan fingerprint density at radius 2 is 1.83 bits per heavy atom. The first-order valence-corrected chi connectivity index (χ1v) is 11.1. The molecule has 0 N–H and O–H groups in total. The lowest BCUT2D eigenvalue weighted by Gasteiger charge is -2.23. The molecule has 1 aliphatic heterocycles. The highest BCUT2D eigenvalue weighted by molar-refractivity contribution is 5.97. The van der Waals surface area contributed by atoms with Crippen molar-refractivity contribution in [3.05, 3.63) is 84.2 Å². The zero-order valence-electron chi connectivity index (χ0n) is 19.0. The van der Waals surface area contributed by atoms with Crippen molar-refractivity contribution in [3.63, 3.8) is 0 Å². The quantitative estimate of drug-likeness (QED) is 0.278. The van der Waals surface area contributed by atoms with Gasteiger partial charge in [0.05, 0.1) is 17.5 Å². The molecule has 0 spiro atoms. The second-order valence-electron chi connectivity index (χ2n) is 7.92. The summed E-state index contributed by atoms with van der Waals surface area (Å²) >= 11 is 0. The Balaban J connectivity index is 1.51. The SMILES string of the molecule is O=C(OCC(=O)N(/N=C/c1ccccc1)c1cccc(C(F)(F)F)c1)C1CCCN1c1ncccn1. The fourth-order valence-electron chi connectivity index (χ4n) is 3.73. The third kappa shape index (κ3) is 6.04. The predicted molar refractivity (Wildman–Crippen MR) is 126 cm³/mol. The van der Waals surface area contributed by atoms with Crippen LogP contribution in [0.2, 0.25) is 0 Å². The molecule has 1 amide bonds. The lowest BCUT2D eigenvalue weighted by atomic mass is 10.2. The molecular weight excluding hydrogens is 475 g/mol. The molecule has 1 unspecified atom stereocenters. The first kappa shape index (κ1) is 24.8. The van der Waals surface area contributed by atoms with Crippen LogP contribution in [0.15, 0.2) is 78.2 Å². The van der Waals surface area contributed by atoms with Crippen LogP contribution in [0.25, 0.3) is 0 Å². The molecule has 0 saturated carbocycles. The van der Waals surface area contributed by atoms with Crippen molar-refractivity contribution in [2.75, 3.05) is 23.1 Å². The summed E-state index contributed by atoms with van der Waals surface area (Å²) in [6, 6.07) is 13.9. The summed E-state index contributed by atoms with van der Waals surface area (Å²) in [5.41, 5.74) is -0.420. The number of ether oxygens (including phenoxy) is 1. The van der Waals surface area contributed by atoms with Crippen LogP contribution < -0.4 is 9.91 Å². The van der Waals surface area contributed by atoms with Gasteiger partial charge < -0.3 is 9.64 Å². The van der Waals surface area contributed by atoms with Crippen LogP contribution in [0.5, 0.6) is 0 Å². The van der Waals surface area contributed by atoms with Crippen LogP contribution in [0.1, 0.15) is 24.0 Å². The molecule has 1 aliphatic rings. The predicted octanol–water partition coefficient (Wildman–Crippen LogP) is 4.07. The average molecular weight is 497 g/mol. The number of esters is 1. The molecule has 1 fully saturated rings. The Morgan fingerprint density at radius 1 is 1.08 bits per heavy atom. The Hall–Kier alpha value is -4.28. The third-order valence-corrected chi connectivity index (χ3v) is 5.45. The van der Waals surface area contributed by atoms with Gasteiger partial charge in [0, 0.05) is 18.9 Å². The number of carbonyl (C=O) groups is 2. The molecule has 8 nitrogen and oxygen atoms in total. The highest BCUT2D eigenvalue weighted by atomic mass is 19.4. The molecule has 36 heavy (non-hydrogen) atoms. The second-order valence-corrected chi connectivity index (χ2v) is 7.92. The molecule has 0 aliphatic carbocycles. The van der Waals surface area contributed by atoms with E-state index in [1.807, 2.05) is 0 Å². The average Bonchev–Trinajstić information content (AvgIpc) is 3.38. The Morgan fingerprint density at radius 3 is 2.56 bits per heavy atom.